The molecule has 1 N–H and O–H groups in total. The molecule has 0 saturated carbocycles. The summed E-state index contributed by atoms with van der Waals surface area (Å²) in [6.45, 7) is 7.07. The molecule has 4 heteroatoms. The van der Waals surface area contributed by atoms with E-state index in [1.807, 2.05) is 0 Å². The van der Waals surface area contributed by atoms with E-state index in [1.54, 1.807) is 0 Å². The molecule has 2 heterocycles. The molecule has 1 aromatic rings. The number of hydrogen-bond acceptors (Lipinski definition) is 4. The standard InChI is InChI=1S/C14H21N3O/c1-16-8-9-18-14-10-13(3-2-12(14)11-16)17-6-4-15-5-7-17/h2-3,10,15H,4-9,11H2,1H3. The Morgan fingerprint density at radius 1 is 1.17 bits per heavy atom. The Morgan fingerprint density at radius 2 is 2.00 bits per heavy atom. The predicted molar refractivity (Wildman–Crippen MR) is 73.4 cm³/mol. The highest BCUT2D eigenvalue weighted by Crippen LogP contribution is 2.28. The second kappa shape index (κ2) is 5.16. The van der Waals surface area contributed by atoms with Crippen molar-refractivity contribution in [3.05, 3.63) is 23.8 Å². The smallest absolute Gasteiger partial charge is 0.125 e. The number of rotatable bonds is 1. The van der Waals surface area contributed by atoms with Crippen molar-refractivity contribution in [2.24, 2.45) is 0 Å². The van der Waals surface area contributed by atoms with E-state index in [4.69, 9.17) is 4.74 Å². The van der Waals surface area contributed by atoms with Crippen molar-refractivity contribution in [2.75, 3.05) is 51.3 Å². The Labute approximate surface area is 109 Å². The number of nitrogens with zero attached hydrogens (tertiary/aromatic N) is 2. The van der Waals surface area contributed by atoms with E-state index in [0.29, 0.717) is 0 Å². The SMILES string of the molecule is CN1CCOc2cc(N3CCNCC3)ccc2C1. The molecule has 4 nitrogen and oxygen atoms in total. The Morgan fingerprint density at radius 3 is 2.83 bits per heavy atom. The summed E-state index contributed by atoms with van der Waals surface area (Å²) in [6.07, 6.45) is 0. The Balaban J connectivity index is 1.83. The van der Waals surface area contributed by atoms with Gasteiger partial charge in [0.1, 0.15) is 12.4 Å². The molecule has 3 rings (SSSR count). The van der Waals surface area contributed by atoms with E-state index in [2.05, 4.69) is 40.4 Å². The molecule has 0 spiro atoms. The third kappa shape index (κ3) is 2.44. The maximum absolute atomic E-state index is 5.87. The van der Waals surface area contributed by atoms with E-state index in [0.717, 1.165) is 51.6 Å². The van der Waals surface area contributed by atoms with Gasteiger partial charge in [-0.15, -0.1) is 0 Å². The van der Waals surface area contributed by atoms with Crippen LogP contribution in [0.15, 0.2) is 18.2 Å². The van der Waals surface area contributed by atoms with Gasteiger partial charge in [0.15, 0.2) is 0 Å². The number of hydrogen-bond donors (Lipinski definition) is 1. The largest absolute Gasteiger partial charge is 0.492 e. The zero-order valence-electron chi connectivity index (χ0n) is 11.0. The van der Waals surface area contributed by atoms with Crippen LogP contribution >= 0.6 is 0 Å². The fraction of sp³-hybridized carbons (Fsp3) is 0.571. The molecule has 0 aromatic heterocycles. The highest BCUT2D eigenvalue weighted by molar-refractivity contribution is 5.54. The molecule has 2 aliphatic rings. The van der Waals surface area contributed by atoms with Crippen LogP contribution in [0.2, 0.25) is 0 Å². The molecule has 0 unspecified atom stereocenters. The van der Waals surface area contributed by atoms with E-state index < -0.39 is 0 Å². The monoisotopic (exact) mass is 247 g/mol. The molecule has 0 atom stereocenters. The summed E-state index contributed by atoms with van der Waals surface area (Å²) in [5.74, 6) is 1.07. The average Bonchev–Trinajstić information content (AvgIpc) is 2.59. The number of likely N-dealkylation sites (N-methyl/N-ethyl adjacent to an activating group) is 1. The summed E-state index contributed by atoms with van der Waals surface area (Å²) in [6, 6.07) is 6.65. The summed E-state index contributed by atoms with van der Waals surface area (Å²) in [4.78, 5) is 4.73. The lowest BCUT2D eigenvalue weighted by molar-refractivity contribution is 0.259. The van der Waals surface area contributed by atoms with Gasteiger partial charge in [-0.25, -0.2) is 0 Å². The van der Waals surface area contributed by atoms with Crippen LogP contribution in [0.5, 0.6) is 5.75 Å². The van der Waals surface area contributed by atoms with Crippen LogP contribution in [0.25, 0.3) is 0 Å². The summed E-state index contributed by atoms with van der Waals surface area (Å²) in [5, 5.41) is 3.38. The minimum atomic E-state index is 0.786. The van der Waals surface area contributed by atoms with Crippen LogP contribution in [-0.2, 0) is 6.54 Å². The van der Waals surface area contributed by atoms with Crippen LogP contribution in [0.4, 0.5) is 5.69 Å². The summed E-state index contributed by atoms with van der Waals surface area (Å²) < 4.78 is 5.87. The Bertz CT molecular complexity index is 416. The van der Waals surface area contributed by atoms with Gasteiger partial charge < -0.3 is 15.0 Å². The molecule has 1 saturated heterocycles. The van der Waals surface area contributed by atoms with Crippen molar-refractivity contribution in [3.63, 3.8) is 0 Å². The Kier molecular flexibility index (Phi) is 3.39. The lowest BCUT2D eigenvalue weighted by Crippen LogP contribution is -2.43. The van der Waals surface area contributed by atoms with Gasteiger partial charge in [-0.3, -0.25) is 4.90 Å². The minimum absolute atomic E-state index is 0.786. The quantitative estimate of drug-likeness (QED) is 0.798. The normalized spacial score (nSPS) is 21.1. The van der Waals surface area contributed by atoms with Crippen LogP contribution in [0.1, 0.15) is 5.56 Å². The first-order valence-corrected chi connectivity index (χ1v) is 6.73. The van der Waals surface area contributed by atoms with E-state index in [1.165, 1.54) is 11.3 Å². The van der Waals surface area contributed by atoms with Gasteiger partial charge in [-0.2, -0.15) is 0 Å². The zero-order chi connectivity index (χ0) is 12.4. The number of piperazine rings is 1. The third-order valence-corrected chi connectivity index (χ3v) is 3.70. The van der Waals surface area contributed by atoms with Crippen molar-refractivity contribution in [2.45, 2.75) is 6.54 Å². The molecule has 1 fully saturated rings. The molecular formula is C14H21N3O. The van der Waals surface area contributed by atoms with E-state index in [-0.39, 0.29) is 0 Å². The van der Waals surface area contributed by atoms with Gasteiger partial charge in [0.25, 0.3) is 0 Å². The van der Waals surface area contributed by atoms with Crippen LogP contribution < -0.4 is 15.0 Å². The summed E-state index contributed by atoms with van der Waals surface area (Å²) in [5.41, 5.74) is 2.59. The van der Waals surface area contributed by atoms with Crippen LogP contribution in [-0.4, -0.2) is 51.3 Å². The highest BCUT2D eigenvalue weighted by Gasteiger charge is 2.16. The van der Waals surface area contributed by atoms with Gasteiger partial charge in [0.2, 0.25) is 0 Å². The fourth-order valence-electron chi connectivity index (χ4n) is 2.61. The van der Waals surface area contributed by atoms with Crippen molar-refractivity contribution in [1.82, 2.24) is 10.2 Å². The predicted octanol–water partition coefficient (Wildman–Crippen LogP) is 0.920. The van der Waals surface area contributed by atoms with Gasteiger partial charge in [0.05, 0.1) is 0 Å². The lowest BCUT2D eigenvalue weighted by Gasteiger charge is -2.30. The van der Waals surface area contributed by atoms with Gasteiger partial charge in [0, 0.05) is 56.6 Å². The lowest BCUT2D eigenvalue weighted by atomic mass is 10.1. The number of benzene rings is 1. The number of anilines is 1. The average molecular weight is 247 g/mol. The molecule has 18 heavy (non-hydrogen) atoms. The van der Waals surface area contributed by atoms with E-state index in [9.17, 15) is 0 Å². The van der Waals surface area contributed by atoms with Crippen molar-refractivity contribution >= 4 is 5.69 Å². The fourth-order valence-corrected chi connectivity index (χ4v) is 2.61. The van der Waals surface area contributed by atoms with E-state index >= 15 is 0 Å². The third-order valence-electron chi connectivity index (χ3n) is 3.70. The molecule has 2 aliphatic heterocycles. The van der Waals surface area contributed by atoms with Crippen molar-refractivity contribution in [1.29, 1.82) is 0 Å². The zero-order valence-corrected chi connectivity index (χ0v) is 11.0. The maximum atomic E-state index is 5.87. The molecule has 0 radical (unpaired) electrons. The summed E-state index contributed by atoms with van der Waals surface area (Å²) in [7, 11) is 2.14. The molecular weight excluding hydrogens is 226 g/mol. The number of fused-ring (bicyclic) bond motifs is 1. The molecule has 0 amide bonds. The molecule has 0 aliphatic carbocycles. The first-order valence-electron chi connectivity index (χ1n) is 6.73. The second-order valence-corrected chi connectivity index (χ2v) is 5.12. The summed E-state index contributed by atoms with van der Waals surface area (Å²) >= 11 is 0. The molecule has 1 aromatic carbocycles. The minimum Gasteiger partial charge on any atom is -0.492 e. The maximum Gasteiger partial charge on any atom is 0.125 e. The topological polar surface area (TPSA) is 27.7 Å². The first kappa shape index (κ1) is 11.8. The molecule has 0 bridgehead atoms. The Hall–Kier alpha value is -1.26. The van der Waals surface area contributed by atoms with Crippen LogP contribution in [0.3, 0.4) is 0 Å². The van der Waals surface area contributed by atoms with Gasteiger partial charge in [-0.05, 0) is 13.1 Å². The number of nitrogens with one attached hydrogen (secondary N) is 1. The molecule has 98 valence electrons. The second-order valence-electron chi connectivity index (χ2n) is 5.12. The van der Waals surface area contributed by atoms with Crippen molar-refractivity contribution < 1.29 is 4.74 Å². The highest BCUT2D eigenvalue weighted by atomic mass is 16.5. The van der Waals surface area contributed by atoms with Gasteiger partial charge >= 0.3 is 0 Å². The van der Waals surface area contributed by atoms with Crippen molar-refractivity contribution in [3.8, 4) is 5.75 Å². The first-order chi connectivity index (χ1) is 8.83. The van der Waals surface area contributed by atoms with Crippen LogP contribution in [0, 0.1) is 0 Å². The van der Waals surface area contributed by atoms with Gasteiger partial charge in [-0.1, -0.05) is 6.07 Å². The number of ether oxygens (including phenoxy) is 1.